The lowest BCUT2D eigenvalue weighted by atomic mass is 9.93. The third-order valence-corrected chi connectivity index (χ3v) is 3.76. The first-order chi connectivity index (χ1) is 7.47. The van der Waals surface area contributed by atoms with Crippen LogP contribution >= 0.6 is 11.6 Å². The highest BCUT2D eigenvalue weighted by molar-refractivity contribution is 6.32. The van der Waals surface area contributed by atoms with Crippen molar-refractivity contribution in [3.05, 3.63) is 34.5 Å². The lowest BCUT2D eigenvalue weighted by molar-refractivity contribution is 0.448. The molecule has 0 aliphatic rings. The number of aromatic nitrogens is 1. The highest BCUT2D eigenvalue weighted by Gasteiger charge is 2.22. The Balaban J connectivity index is 2.72. The van der Waals surface area contributed by atoms with E-state index in [1.54, 1.807) is 0 Å². The van der Waals surface area contributed by atoms with E-state index in [9.17, 15) is 0 Å². The monoisotopic (exact) mass is 236 g/mol. The van der Waals surface area contributed by atoms with Crippen LogP contribution in [0.15, 0.2) is 18.3 Å². The minimum absolute atomic E-state index is 0.0431. The summed E-state index contributed by atoms with van der Waals surface area (Å²) < 4.78 is 0. The smallest absolute Gasteiger partial charge is 0.0502 e. The fourth-order valence-corrected chi connectivity index (χ4v) is 2.13. The Hall–Kier alpha value is -0.990. The molecule has 0 aliphatic heterocycles. The summed E-state index contributed by atoms with van der Waals surface area (Å²) in [5.41, 5.74) is 3.46. The Morgan fingerprint density at radius 1 is 1.31 bits per heavy atom. The van der Waals surface area contributed by atoms with Gasteiger partial charge in [0, 0.05) is 22.1 Å². The fraction of sp³-hybridized carbons (Fsp3) is 0.385. The van der Waals surface area contributed by atoms with Crippen molar-refractivity contribution in [2.45, 2.75) is 26.3 Å². The van der Waals surface area contributed by atoms with Gasteiger partial charge in [-0.15, -0.1) is 0 Å². The molecule has 1 aromatic heterocycles. The maximum atomic E-state index is 6.11. The van der Waals surface area contributed by atoms with Gasteiger partial charge in [-0.25, -0.2) is 0 Å². The summed E-state index contributed by atoms with van der Waals surface area (Å²) in [6.45, 7) is 6.37. The average molecular weight is 237 g/mol. The summed E-state index contributed by atoms with van der Waals surface area (Å²) in [7, 11) is 1.97. The van der Waals surface area contributed by atoms with Crippen LogP contribution in [0.2, 0.25) is 5.02 Å². The van der Waals surface area contributed by atoms with Crippen molar-refractivity contribution in [1.29, 1.82) is 0 Å². The Bertz CT molecular complexity index is 526. The molecule has 0 amide bonds. The van der Waals surface area contributed by atoms with Crippen molar-refractivity contribution in [1.82, 2.24) is 10.3 Å². The van der Waals surface area contributed by atoms with Gasteiger partial charge in [0.15, 0.2) is 0 Å². The van der Waals surface area contributed by atoms with Gasteiger partial charge >= 0.3 is 0 Å². The second-order valence-corrected chi connectivity index (χ2v) is 5.08. The van der Waals surface area contributed by atoms with E-state index >= 15 is 0 Å². The predicted octanol–water partition coefficient (Wildman–Crippen LogP) is 3.58. The SMILES string of the molecule is CNC(C)(C)c1c[nH]c2c(C)c(Cl)ccc12. The van der Waals surface area contributed by atoms with Gasteiger partial charge in [0.05, 0.1) is 5.52 Å². The van der Waals surface area contributed by atoms with Crippen LogP contribution in [-0.4, -0.2) is 12.0 Å². The zero-order chi connectivity index (χ0) is 11.9. The first-order valence-corrected chi connectivity index (χ1v) is 5.80. The minimum Gasteiger partial charge on any atom is -0.361 e. The van der Waals surface area contributed by atoms with Crippen LogP contribution in [0.5, 0.6) is 0 Å². The van der Waals surface area contributed by atoms with Crippen LogP contribution in [0.3, 0.4) is 0 Å². The maximum Gasteiger partial charge on any atom is 0.0502 e. The number of halogens is 1. The standard InChI is InChI=1S/C13H17ClN2/c1-8-11(14)6-5-9-10(7-16-12(8)9)13(2,3)15-4/h5-7,15-16H,1-4H3. The van der Waals surface area contributed by atoms with Gasteiger partial charge in [0.2, 0.25) is 0 Å². The number of H-pyrrole nitrogens is 1. The van der Waals surface area contributed by atoms with Crippen LogP contribution in [0, 0.1) is 6.92 Å². The number of hydrogen-bond acceptors (Lipinski definition) is 1. The molecule has 0 fully saturated rings. The molecule has 2 aromatic rings. The molecule has 1 aromatic carbocycles. The van der Waals surface area contributed by atoms with Crippen molar-refractivity contribution in [3.63, 3.8) is 0 Å². The zero-order valence-electron chi connectivity index (χ0n) is 10.1. The normalized spacial score (nSPS) is 12.3. The molecule has 1 heterocycles. The number of nitrogens with one attached hydrogen (secondary N) is 2. The van der Waals surface area contributed by atoms with Gasteiger partial charge in [-0.1, -0.05) is 17.7 Å². The van der Waals surface area contributed by atoms with E-state index in [2.05, 4.69) is 36.4 Å². The summed E-state index contributed by atoms with van der Waals surface area (Å²) in [6.07, 6.45) is 2.06. The van der Waals surface area contributed by atoms with Crippen LogP contribution in [0.25, 0.3) is 10.9 Å². The molecular formula is C13H17ClN2. The second-order valence-electron chi connectivity index (χ2n) is 4.67. The van der Waals surface area contributed by atoms with E-state index in [4.69, 9.17) is 11.6 Å². The van der Waals surface area contributed by atoms with E-state index < -0.39 is 0 Å². The third-order valence-electron chi connectivity index (χ3n) is 3.35. The van der Waals surface area contributed by atoms with E-state index in [1.165, 1.54) is 10.9 Å². The van der Waals surface area contributed by atoms with Gasteiger partial charge in [-0.3, -0.25) is 0 Å². The van der Waals surface area contributed by atoms with E-state index in [-0.39, 0.29) is 5.54 Å². The van der Waals surface area contributed by atoms with Gasteiger partial charge in [0.25, 0.3) is 0 Å². The summed E-state index contributed by atoms with van der Waals surface area (Å²) in [4.78, 5) is 3.31. The molecule has 3 heteroatoms. The summed E-state index contributed by atoms with van der Waals surface area (Å²) in [5, 5.41) is 5.36. The zero-order valence-corrected chi connectivity index (χ0v) is 10.9. The van der Waals surface area contributed by atoms with Crippen molar-refractivity contribution >= 4 is 22.5 Å². The minimum atomic E-state index is -0.0431. The third kappa shape index (κ3) is 1.62. The fourth-order valence-electron chi connectivity index (χ4n) is 1.97. The molecule has 0 unspecified atom stereocenters. The lowest BCUT2D eigenvalue weighted by Gasteiger charge is -2.23. The Morgan fingerprint density at radius 3 is 2.62 bits per heavy atom. The first kappa shape index (κ1) is 11.5. The molecule has 0 atom stereocenters. The van der Waals surface area contributed by atoms with Crippen LogP contribution < -0.4 is 5.32 Å². The quantitative estimate of drug-likeness (QED) is 0.820. The summed E-state index contributed by atoms with van der Waals surface area (Å²) in [6, 6.07) is 4.04. The Kier molecular flexibility index (Phi) is 2.72. The maximum absolute atomic E-state index is 6.11. The molecule has 0 aliphatic carbocycles. The van der Waals surface area contributed by atoms with Gasteiger partial charge in [-0.2, -0.15) is 0 Å². The molecule has 0 spiro atoms. The first-order valence-electron chi connectivity index (χ1n) is 5.43. The molecule has 2 N–H and O–H groups in total. The predicted molar refractivity (Wildman–Crippen MR) is 70.1 cm³/mol. The average Bonchev–Trinajstić information content (AvgIpc) is 2.68. The summed E-state index contributed by atoms with van der Waals surface area (Å²) >= 11 is 6.11. The Labute approximate surface area is 101 Å². The Morgan fingerprint density at radius 2 is 2.00 bits per heavy atom. The molecule has 2 rings (SSSR count). The highest BCUT2D eigenvalue weighted by Crippen LogP contribution is 2.32. The highest BCUT2D eigenvalue weighted by atomic mass is 35.5. The topological polar surface area (TPSA) is 27.8 Å². The van der Waals surface area contributed by atoms with Gasteiger partial charge in [-0.05, 0) is 45.0 Å². The number of benzene rings is 1. The molecule has 0 bridgehead atoms. The molecular weight excluding hydrogens is 220 g/mol. The van der Waals surface area contributed by atoms with Gasteiger partial charge < -0.3 is 10.3 Å². The number of aromatic amines is 1. The molecule has 0 saturated carbocycles. The van der Waals surface area contributed by atoms with Crippen LogP contribution in [0.4, 0.5) is 0 Å². The molecule has 0 radical (unpaired) electrons. The van der Waals surface area contributed by atoms with Crippen LogP contribution in [-0.2, 0) is 5.54 Å². The number of aryl methyl sites for hydroxylation is 1. The van der Waals surface area contributed by atoms with Crippen molar-refractivity contribution in [2.75, 3.05) is 7.05 Å². The van der Waals surface area contributed by atoms with E-state index in [0.29, 0.717) is 0 Å². The van der Waals surface area contributed by atoms with E-state index in [1.807, 2.05) is 20.0 Å². The van der Waals surface area contributed by atoms with E-state index in [0.717, 1.165) is 16.1 Å². The number of hydrogen-bond donors (Lipinski definition) is 2. The van der Waals surface area contributed by atoms with Crippen molar-refractivity contribution in [2.24, 2.45) is 0 Å². The molecule has 2 nitrogen and oxygen atoms in total. The van der Waals surface area contributed by atoms with Crippen molar-refractivity contribution in [3.8, 4) is 0 Å². The molecule has 0 saturated heterocycles. The number of fused-ring (bicyclic) bond motifs is 1. The van der Waals surface area contributed by atoms with Gasteiger partial charge in [0.1, 0.15) is 0 Å². The lowest BCUT2D eigenvalue weighted by Crippen LogP contribution is -2.32. The summed E-state index contributed by atoms with van der Waals surface area (Å²) in [5.74, 6) is 0. The molecule has 86 valence electrons. The largest absolute Gasteiger partial charge is 0.361 e. The number of rotatable bonds is 2. The van der Waals surface area contributed by atoms with Crippen molar-refractivity contribution < 1.29 is 0 Å². The second kappa shape index (κ2) is 3.79. The van der Waals surface area contributed by atoms with Crippen LogP contribution in [0.1, 0.15) is 25.0 Å². The molecule has 16 heavy (non-hydrogen) atoms.